The van der Waals surface area contributed by atoms with Crippen LogP contribution in [0.1, 0.15) is 0 Å². The molecule has 3 aromatic carbocycles. The maximum atomic E-state index is 12.3. The maximum Gasteiger partial charge on any atom is 0.318 e. The summed E-state index contributed by atoms with van der Waals surface area (Å²) in [4.78, 5) is 24.1. The van der Waals surface area contributed by atoms with Crippen LogP contribution in [-0.4, -0.2) is 32.6 Å². The number of ether oxygens (including phenoxy) is 1. The number of fused-ring (bicyclic) bond motifs is 2. The lowest BCUT2D eigenvalue weighted by molar-refractivity contribution is -0.120. The van der Waals surface area contributed by atoms with E-state index in [9.17, 15) is 9.90 Å². The number of halogens is 2. The molecule has 34 heavy (non-hydrogen) atoms. The van der Waals surface area contributed by atoms with Crippen molar-refractivity contribution in [3.8, 4) is 23.1 Å². The van der Waals surface area contributed by atoms with Gasteiger partial charge < -0.3 is 14.8 Å². The molecule has 1 amide bonds. The molecule has 0 saturated heterocycles. The summed E-state index contributed by atoms with van der Waals surface area (Å²) >= 11 is 6.87. The lowest BCUT2D eigenvalue weighted by Gasteiger charge is -2.09. The van der Waals surface area contributed by atoms with E-state index in [0.29, 0.717) is 22.1 Å². The third-order valence-corrected chi connectivity index (χ3v) is 5.97. The van der Waals surface area contributed by atoms with Crippen molar-refractivity contribution in [2.75, 3.05) is 6.61 Å². The van der Waals surface area contributed by atoms with Gasteiger partial charge in [0.15, 0.2) is 12.3 Å². The summed E-state index contributed by atoms with van der Waals surface area (Å²) in [5.41, 5.74) is 3.09. The normalized spacial score (nSPS) is 11.5. The second-order valence-electron chi connectivity index (χ2n) is 7.28. The Kier molecular flexibility index (Phi) is 6.08. The van der Waals surface area contributed by atoms with Gasteiger partial charge in [-0.05, 0) is 36.4 Å². The molecule has 0 saturated carbocycles. The van der Waals surface area contributed by atoms with Crippen LogP contribution in [0.2, 0.25) is 0 Å². The minimum atomic E-state index is -0.649. The van der Waals surface area contributed by atoms with Gasteiger partial charge in [-0.2, -0.15) is 9.97 Å². The van der Waals surface area contributed by atoms with Crippen molar-refractivity contribution in [1.29, 1.82) is 0 Å². The van der Waals surface area contributed by atoms with Gasteiger partial charge in [-0.25, -0.2) is 0 Å². The van der Waals surface area contributed by atoms with Crippen LogP contribution < -0.4 is 4.74 Å². The van der Waals surface area contributed by atoms with Gasteiger partial charge in [0.05, 0.1) is 16.7 Å². The van der Waals surface area contributed by atoms with E-state index in [1.165, 1.54) is 0 Å². The molecule has 2 aromatic heterocycles. The van der Waals surface area contributed by atoms with Gasteiger partial charge in [-0.3, -0.25) is 4.79 Å². The Morgan fingerprint density at radius 3 is 2.50 bits per heavy atom. The molecule has 0 aliphatic heterocycles. The Hall–Kier alpha value is -3.63. The number of H-pyrrole nitrogens is 1. The van der Waals surface area contributed by atoms with Gasteiger partial charge in [0.25, 0.3) is 0 Å². The number of amides is 1. The zero-order valence-electron chi connectivity index (χ0n) is 17.4. The highest BCUT2D eigenvalue weighted by Crippen LogP contribution is 2.37. The average Bonchev–Trinajstić information content (AvgIpc) is 3.15. The largest absolute Gasteiger partial charge is 0.493 e. The number of nitrogens with zero attached hydrogens (tertiary/aromatic N) is 4. The number of benzene rings is 3. The van der Waals surface area contributed by atoms with E-state index in [2.05, 4.69) is 57.0 Å². The van der Waals surface area contributed by atoms with Crippen molar-refractivity contribution in [2.24, 2.45) is 10.2 Å². The molecular formula is C24H15Br2N5O3. The highest BCUT2D eigenvalue weighted by atomic mass is 79.9. The Labute approximate surface area is 210 Å². The number of carbonyl (C=O) groups is 1. The molecule has 0 radical (unpaired) electrons. The zero-order chi connectivity index (χ0) is 23.7. The molecule has 0 atom stereocenters. The van der Waals surface area contributed by atoms with Crippen molar-refractivity contribution in [1.82, 2.24) is 15.0 Å². The minimum Gasteiger partial charge on any atom is -0.493 e. The highest BCUT2D eigenvalue weighted by molar-refractivity contribution is 9.10. The smallest absolute Gasteiger partial charge is 0.318 e. The summed E-state index contributed by atoms with van der Waals surface area (Å²) in [6, 6.07) is 20.7. The number of rotatable bonds is 5. The fraction of sp³-hybridized carbons (Fsp3) is 0.0417. The lowest BCUT2D eigenvalue weighted by atomic mass is 10.1. The second-order valence-corrected chi connectivity index (χ2v) is 9.11. The van der Waals surface area contributed by atoms with Crippen molar-refractivity contribution >= 4 is 65.3 Å². The topological polar surface area (TPSA) is 113 Å². The maximum absolute atomic E-state index is 12.3. The fourth-order valence-corrected chi connectivity index (χ4v) is 4.18. The molecule has 2 N–H and O–H groups in total. The molecule has 8 nitrogen and oxygen atoms in total. The van der Waals surface area contributed by atoms with E-state index in [-0.39, 0.29) is 17.6 Å². The number of carbonyl (C=O) groups excluding carboxylic acids is 1. The highest BCUT2D eigenvalue weighted by Gasteiger charge is 2.14. The molecular weight excluding hydrogens is 566 g/mol. The van der Waals surface area contributed by atoms with Crippen molar-refractivity contribution in [2.45, 2.75) is 0 Å². The van der Waals surface area contributed by atoms with Crippen LogP contribution >= 0.6 is 31.9 Å². The number of aromatic amines is 1. The summed E-state index contributed by atoms with van der Waals surface area (Å²) < 4.78 is 7.27. The first-order chi connectivity index (χ1) is 16.5. The van der Waals surface area contributed by atoms with Crippen LogP contribution in [0.3, 0.4) is 0 Å². The number of aromatic nitrogens is 3. The monoisotopic (exact) mass is 579 g/mol. The van der Waals surface area contributed by atoms with Crippen LogP contribution in [0, 0.1) is 0 Å². The first kappa shape index (κ1) is 22.2. The molecule has 168 valence electrons. The third-order valence-electron chi connectivity index (χ3n) is 4.98. The molecule has 0 aliphatic carbocycles. The SMILES string of the molecule is O=C(COc1nc(-c2ccccc2)c2cc(Br)ccc2n1)N=Nc1c(O)[nH]c2ccc(Br)cc12. The molecule has 5 aromatic rings. The molecule has 2 heterocycles. The minimum absolute atomic E-state index is 0.0519. The van der Waals surface area contributed by atoms with Crippen LogP contribution in [0.5, 0.6) is 11.9 Å². The van der Waals surface area contributed by atoms with Crippen LogP contribution in [0.4, 0.5) is 5.69 Å². The van der Waals surface area contributed by atoms with E-state index in [1.807, 2.05) is 54.6 Å². The number of aromatic hydroxyl groups is 1. The van der Waals surface area contributed by atoms with Crippen LogP contribution in [0.15, 0.2) is 85.9 Å². The zero-order valence-corrected chi connectivity index (χ0v) is 20.5. The molecule has 0 bridgehead atoms. The van der Waals surface area contributed by atoms with Gasteiger partial charge in [-0.15, -0.1) is 10.2 Å². The van der Waals surface area contributed by atoms with E-state index in [4.69, 9.17) is 4.74 Å². The predicted octanol–water partition coefficient (Wildman–Crippen LogP) is 6.70. The number of nitrogens with one attached hydrogen (secondary N) is 1. The summed E-state index contributed by atoms with van der Waals surface area (Å²) in [6.07, 6.45) is 0. The third kappa shape index (κ3) is 4.55. The number of azo groups is 1. The van der Waals surface area contributed by atoms with Gasteiger partial charge in [0, 0.05) is 25.3 Å². The quantitative estimate of drug-likeness (QED) is 0.225. The summed E-state index contributed by atoms with van der Waals surface area (Å²) in [6.45, 7) is -0.410. The van der Waals surface area contributed by atoms with Crippen molar-refractivity contribution in [3.05, 3.63) is 75.7 Å². The van der Waals surface area contributed by atoms with Crippen LogP contribution in [0.25, 0.3) is 33.1 Å². The van der Waals surface area contributed by atoms with Gasteiger partial charge in [-0.1, -0.05) is 62.2 Å². The fourth-order valence-electron chi connectivity index (χ4n) is 3.46. The van der Waals surface area contributed by atoms with Gasteiger partial charge >= 0.3 is 11.9 Å². The first-order valence-electron chi connectivity index (χ1n) is 10.1. The van der Waals surface area contributed by atoms with E-state index in [0.717, 1.165) is 19.9 Å². The van der Waals surface area contributed by atoms with Crippen LogP contribution in [-0.2, 0) is 4.79 Å². The predicted molar refractivity (Wildman–Crippen MR) is 135 cm³/mol. The van der Waals surface area contributed by atoms with Crippen molar-refractivity contribution < 1.29 is 14.6 Å². The average molecular weight is 581 g/mol. The Bertz CT molecular complexity index is 1570. The molecule has 0 fully saturated rings. The molecule has 0 unspecified atom stereocenters. The lowest BCUT2D eigenvalue weighted by Crippen LogP contribution is -2.10. The van der Waals surface area contributed by atoms with Gasteiger partial charge in [0.1, 0.15) is 0 Å². The molecule has 5 rings (SSSR count). The molecule has 10 heteroatoms. The van der Waals surface area contributed by atoms with Gasteiger partial charge in [0.2, 0.25) is 5.88 Å². The molecule has 0 aliphatic rings. The summed E-state index contributed by atoms with van der Waals surface area (Å²) in [5, 5.41) is 19.2. The Morgan fingerprint density at radius 2 is 1.71 bits per heavy atom. The van der Waals surface area contributed by atoms with E-state index in [1.54, 1.807) is 12.1 Å². The van der Waals surface area contributed by atoms with E-state index >= 15 is 0 Å². The number of hydrogen-bond donors (Lipinski definition) is 2. The van der Waals surface area contributed by atoms with E-state index < -0.39 is 12.5 Å². The summed E-state index contributed by atoms with van der Waals surface area (Å²) in [7, 11) is 0. The number of hydrogen-bond acceptors (Lipinski definition) is 6. The standard InChI is InChI=1S/C24H15Br2N5O3/c25-14-7-9-19-16(10-14)21(13-4-2-1-3-5-13)29-24(28-19)34-12-20(32)30-31-22-17-11-15(26)6-8-18(17)27-23(22)33/h1-11,27,33H,12H2. The first-order valence-corrected chi connectivity index (χ1v) is 11.7. The Balaban J connectivity index is 1.39. The molecule has 0 spiro atoms. The second kappa shape index (κ2) is 9.32. The Morgan fingerprint density at radius 1 is 0.971 bits per heavy atom. The van der Waals surface area contributed by atoms with Crippen molar-refractivity contribution in [3.63, 3.8) is 0 Å². The summed E-state index contributed by atoms with van der Waals surface area (Å²) in [5.74, 6) is -0.827.